The van der Waals surface area contributed by atoms with E-state index in [-0.39, 0.29) is 17.4 Å². The SMILES string of the molecule is CC(c1cccs1)N(C)c1c(F)cc(N)cc1F. The summed E-state index contributed by atoms with van der Waals surface area (Å²) in [4.78, 5) is 2.63. The molecule has 5 heteroatoms. The molecule has 1 aromatic heterocycles. The summed E-state index contributed by atoms with van der Waals surface area (Å²) < 4.78 is 27.6. The summed E-state index contributed by atoms with van der Waals surface area (Å²) >= 11 is 1.56. The zero-order valence-electron chi connectivity index (χ0n) is 10.2. The highest BCUT2D eigenvalue weighted by Crippen LogP contribution is 2.32. The molecule has 0 spiro atoms. The van der Waals surface area contributed by atoms with Crippen molar-refractivity contribution in [3.8, 4) is 0 Å². The Bertz CT molecular complexity index is 517. The Morgan fingerprint density at radius 1 is 1.28 bits per heavy atom. The summed E-state index contributed by atoms with van der Waals surface area (Å²) in [6.45, 7) is 1.90. The summed E-state index contributed by atoms with van der Waals surface area (Å²) in [5.41, 5.74) is 5.44. The molecule has 0 saturated carbocycles. The Labute approximate surface area is 109 Å². The monoisotopic (exact) mass is 268 g/mol. The van der Waals surface area contributed by atoms with Gasteiger partial charge < -0.3 is 10.6 Å². The van der Waals surface area contributed by atoms with Crippen molar-refractivity contribution < 1.29 is 8.78 Å². The fraction of sp³-hybridized carbons (Fsp3) is 0.231. The highest BCUT2D eigenvalue weighted by Gasteiger charge is 2.20. The van der Waals surface area contributed by atoms with Crippen LogP contribution in [0.15, 0.2) is 29.6 Å². The Kier molecular flexibility index (Phi) is 3.52. The predicted molar refractivity (Wildman–Crippen MR) is 71.9 cm³/mol. The van der Waals surface area contributed by atoms with Crippen LogP contribution in [0, 0.1) is 11.6 Å². The van der Waals surface area contributed by atoms with Gasteiger partial charge in [0, 0.05) is 17.6 Å². The van der Waals surface area contributed by atoms with E-state index in [0.29, 0.717) is 0 Å². The Morgan fingerprint density at radius 3 is 2.39 bits per heavy atom. The van der Waals surface area contributed by atoms with Gasteiger partial charge in [-0.2, -0.15) is 0 Å². The number of nitrogens with zero attached hydrogens (tertiary/aromatic N) is 1. The van der Waals surface area contributed by atoms with Crippen molar-refractivity contribution in [1.29, 1.82) is 0 Å². The van der Waals surface area contributed by atoms with E-state index in [1.807, 2.05) is 24.4 Å². The third-order valence-corrected chi connectivity index (χ3v) is 3.97. The fourth-order valence-corrected chi connectivity index (χ4v) is 2.66. The van der Waals surface area contributed by atoms with Crippen molar-refractivity contribution in [1.82, 2.24) is 0 Å². The second-order valence-corrected chi connectivity index (χ2v) is 5.11. The normalized spacial score (nSPS) is 12.4. The third kappa shape index (κ3) is 2.31. The van der Waals surface area contributed by atoms with Crippen LogP contribution in [0.3, 0.4) is 0 Å². The van der Waals surface area contributed by atoms with Crippen molar-refractivity contribution >= 4 is 22.7 Å². The van der Waals surface area contributed by atoms with E-state index in [9.17, 15) is 8.78 Å². The van der Waals surface area contributed by atoms with Crippen LogP contribution in [0.2, 0.25) is 0 Å². The molecule has 0 fully saturated rings. The molecule has 2 N–H and O–H groups in total. The van der Waals surface area contributed by atoms with Gasteiger partial charge in [-0.1, -0.05) is 6.07 Å². The number of rotatable bonds is 3. The lowest BCUT2D eigenvalue weighted by Gasteiger charge is -2.27. The molecule has 1 heterocycles. The summed E-state index contributed by atoms with van der Waals surface area (Å²) in [5.74, 6) is -1.28. The first-order chi connectivity index (χ1) is 8.50. The molecular formula is C13H14F2N2S. The van der Waals surface area contributed by atoms with Crippen LogP contribution < -0.4 is 10.6 Å². The van der Waals surface area contributed by atoms with Crippen LogP contribution in [-0.2, 0) is 0 Å². The van der Waals surface area contributed by atoms with Gasteiger partial charge in [0.05, 0.1) is 6.04 Å². The average molecular weight is 268 g/mol. The fourth-order valence-electron chi connectivity index (χ4n) is 1.84. The lowest BCUT2D eigenvalue weighted by atomic mass is 10.2. The highest BCUT2D eigenvalue weighted by atomic mass is 32.1. The minimum Gasteiger partial charge on any atom is -0.399 e. The molecule has 2 aromatic rings. The van der Waals surface area contributed by atoms with E-state index < -0.39 is 11.6 Å². The summed E-state index contributed by atoms with van der Waals surface area (Å²) in [7, 11) is 1.67. The molecule has 18 heavy (non-hydrogen) atoms. The molecule has 0 aliphatic rings. The van der Waals surface area contributed by atoms with Crippen LogP contribution >= 0.6 is 11.3 Å². The van der Waals surface area contributed by atoms with Gasteiger partial charge in [0.25, 0.3) is 0 Å². The lowest BCUT2D eigenvalue weighted by molar-refractivity contribution is 0.568. The van der Waals surface area contributed by atoms with Crippen molar-refractivity contribution in [2.75, 3.05) is 17.7 Å². The lowest BCUT2D eigenvalue weighted by Crippen LogP contribution is -2.23. The molecule has 0 saturated heterocycles. The van der Waals surface area contributed by atoms with E-state index in [4.69, 9.17) is 5.73 Å². The maximum Gasteiger partial charge on any atom is 0.151 e. The average Bonchev–Trinajstić information content (AvgIpc) is 2.79. The van der Waals surface area contributed by atoms with Gasteiger partial charge >= 0.3 is 0 Å². The van der Waals surface area contributed by atoms with Crippen molar-refractivity contribution in [3.05, 3.63) is 46.2 Å². The molecule has 2 rings (SSSR count). The number of halogens is 2. The first-order valence-corrected chi connectivity index (χ1v) is 6.39. The van der Waals surface area contributed by atoms with Gasteiger partial charge in [0.2, 0.25) is 0 Å². The van der Waals surface area contributed by atoms with Gasteiger partial charge in [-0.25, -0.2) is 8.78 Å². The van der Waals surface area contributed by atoms with Gasteiger partial charge in [0.15, 0.2) is 11.6 Å². The van der Waals surface area contributed by atoms with E-state index in [0.717, 1.165) is 17.0 Å². The second kappa shape index (κ2) is 4.94. The summed E-state index contributed by atoms with van der Waals surface area (Å²) in [5, 5.41) is 1.94. The van der Waals surface area contributed by atoms with Crippen LogP contribution in [0.4, 0.5) is 20.2 Å². The number of hydrogen-bond acceptors (Lipinski definition) is 3. The molecule has 0 amide bonds. The van der Waals surface area contributed by atoms with Crippen molar-refractivity contribution in [2.24, 2.45) is 0 Å². The van der Waals surface area contributed by atoms with Gasteiger partial charge in [-0.05, 0) is 30.5 Å². The number of benzene rings is 1. The van der Waals surface area contributed by atoms with Crippen LogP contribution in [0.1, 0.15) is 17.8 Å². The molecule has 0 radical (unpaired) electrons. The molecule has 96 valence electrons. The summed E-state index contributed by atoms with van der Waals surface area (Å²) in [6.07, 6.45) is 0. The van der Waals surface area contributed by atoms with Gasteiger partial charge in [-0.3, -0.25) is 0 Å². The van der Waals surface area contributed by atoms with E-state index in [1.165, 1.54) is 0 Å². The molecule has 1 atom stereocenters. The van der Waals surface area contributed by atoms with Gasteiger partial charge in [0.1, 0.15) is 5.69 Å². The largest absolute Gasteiger partial charge is 0.399 e. The second-order valence-electron chi connectivity index (χ2n) is 4.14. The maximum atomic E-state index is 13.8. The van der Waals surface area contributed by atoms with E-state index >= 15 is 0 Å². The van der Waals surface area contributed by atoms with Crippen LogP contribution in [0.25, 0.3) is 0 Å². The molecule has 0 aliphatic heterocycles. The Morgan fingerprint density at radius 2 is 1.89 bits per heavy atom. The zero-order valence-corrected chi connectivity index (χ0v) is 11.0. The Balaban J connectivity index is 2.37. The zero-order chi connectivity index (χ0) is 13.3. The number of nitrogens with two attached hydrogens (primary N) is 1. The number of hydrogen-bond donors (Lipinski definition) is 1. The Hall–Kier alpha value is -1.62. The first kappa shape index (κ1) is 12.8. The minimum atomic E-state index is -0.640. The number of anilines is 2. The maximum absolute atomic E-state index is 13.8. The van der Waals surface area contributed by atoms with E-state index in [2.05, 4.69) is 0 Å². The predicted octanol–water partition coefficient (Wildman–Crippen LogP) is 3.81. The molecule has 1 unspecified atom stereocenters. The summed E-state index contributed by atoms with van der Waals surface area (Å²) in [6, 6.07) is 6.03. The third-order valence-electron chi connectivity index (χ3n) is 2.93. The van der Waals surface area contributed by atoms with E-state index in [1.54, 1.807) is 23.3 Å². The first-order valence-electron chi connectivity index (χ1n) is 5.51. The quantitative estimate of drug-likeness (QED) is 0.858. The molecule has 0 bridgehead atoms. The number of nitrogen functional groups attached to an aromatic ring is 1. The topological polar surface area (TPSA) is 29.3 Å². The van der Waals surface area contributed by atoms with Crippen molar-refractivity contribution in [3.63, 3.8) is 0 Å². The number of thiophene rings is 1. The standard InChI is InChI=1S/C13H14F2N2S/c1-8(12-4-3-5-18-12)17(2)13-10(14)6-9(16)7-11(13)15/h3-8H,16H2,1-2H3. The molecule has 2 nitrogen and oxygen atoms in total. The van der Waals surface area contributed by atoms with Crippen LogP contribution in [0.5, 0.6) is 0 Å². The smallest absolute Gasteiger partial charge is 0.151 e. The molecule has 0 aliphatic carbocycles. The minimum absolute atomic E-state index is 0.0508. The highest BCUT2D eigenvalue weighted by molar-refractivity contribution is 7.10. The molecule has 1 aromatic carbocycles. The van der Waals surface area contributed by atoms with Gasteiger partial charge in [-0.15, -0.1) is 11.3 Å². The van der Waals surface area contributed by atoms with Crippen molar-refractivity contribution in [2.45, 2.75) is 13.0 Å². The van der Waals surface area contributed by atoms with Crippen LogP contribution in [-0.4, -0.2) is 7.05 Å². The molecular weight excluding hydrogens is 254 g/mol.